The van der Waals surface area contributed by atoms with Crippen molar-refractivity contribution in [1.29, 1.82) is 0 Å². The van der Waals surface area contributed by atoms with Crippen molar-refractivity contribution in [3.05, 3.63) is 12.2 Å². The van der Waals surface area contributed by atoms with Crippen molar-refractivity contribution < 1.29 is 17.9 Å². The van der Waals surface area contributed by atoms with E-state index in [2.05, 4.69) is 4.74 Å². The van der Waals surface area contributed by atoms with E-state index in [1.165, 1.54) is 0 Å². The fourth-order valence-corrected chi connectivity index (χ4v) is 0.877. The van der Waals surface area contributed by atoms with Gasteiger partial charge in [0.25, 0.3) is 0 Å². The first-order valence-corrected chi connectivity index (χ1v) is 2.97. The van der Waals surface area contributed by atoms with Crippen molar-refractivity contribution in [3.8, 4) is 0 Å². The summed E-state index contributed by atoms with van der Waals surface area (Å²) >= 11 is 0. The Hall–Kier alpha value is -0.510. The molecule has 1 rings (SSSR count). The van der Waals surface area contributed by atoms with Crippen LogP contribution in [0.3, 0.4) is 0 Å². The lowest BCUT2D eigenvalue weighted by atomic mass is 10.3. The summed E-state index contributed by atoms with van der Waals surface area (Å²) in [5.41, 5.74) is 0. The molecular weight excluding hydrogens is 145 g/mol. The summed E-state index contributed by atoms with van der Waals surface area (Å²) in [4.78, 5) is 0. The maximum atomic E-state index is 11.5. The van der Waals surface area contributed by atoms with Crippen molar-refractivity contribution in [2.45, 2.75) is 25.3 Å². The van der Waals surface area contributed by atoms with Crippen molar-refractivity contribution in [2.75, 3.05) is 0 Å². The van der Waals surface area contributed by atoms with Crippen LogP contribution >= 0.6 is 0 Å². The second-order valence-corrected chi connectivity index (χ2v) is 2.13. The summed E-state index contributed by atoms with van der Waals surface area (Å²) in [6.07, 6.45) is -1.03. The zero-order valence-corrected chi connectivity index (χ0v) is 5.19. The molecule has 0 aromatic rings. The Morgan fingerprint density at radius 2 is 1.70 bits per heavy atom. The largest absolute Gasteiger partial charge is 0.522 e. The molecule has 0 spiro atoms. The molecule has 0 aromatic carbocycles. The molecule has 58 valence electrons. The zero-order valence-electron chi connectivity index (χ0n) is 5.19. The van der Waals surface area contributed by atoms with Crippen LogP contribution in [-0.2, 0) is 4.74 Å². The molecule has 1 nitrogen and oxygen atoms in total. The Balaban J connectivity index is 2.26. The van der Waals surface area contributed by atoms with Gasteiger partial charge >= 0.3 is 6.36 Å². The van der Waals surface area contributed by atoms with Gasteiger partial charge in [0.2, 0.25) is 0 Å². The number of ether oxygens (including phenoxy) is 1. The van der Waals surface area contributed by atoms with Crippen LogP contribution in [0, 0.1) is 0 Å². The summed E-state index contributed by atoms with van der Waals surface area (Å²) in [7, 11) is 0. The van der Waals surface area contributed by atoms with Gasteiger partial charge in [-0.05, 0) is 12.8 Å². The summed E-state index contributed by atoms with van der Waals surface area (Å²) in [6, 6.07) is 0. The van der Waals surface area contributed by atoms with Gasteiger partial charge in [-0.3, -0.25) is 4.74 Å². The van der Waals surface area contributed by atoms with Crippen LogP contribution < -0.4 is 0 Å². The monoisotopic (exact) mass is 152 g/mol. The van der Waals surface area contributed by atoms with E-state index in [-0.39, 0.29) is 0 Å². The predicted molar refractivity (Wildman–Crippen MR) is 29.3 cm³/mol. The van der Waals surface area contributed by atoms with Crippen molar-refractivity contribution >= 4 is 0 Å². The van der Waals surface area contributed by atoms with Crippen molar-refractivity contribution in [1.82, 2.24) is 0 Å². The summed E-state index contributed by atoms with van der Waals surface area (Å²) in [5.74, 6) is 0. The summed E-state index contributed by atoms with van der Waals surface area (Å²) < 4.78 is 38.1. The SMILES string of the molecule is FC(F)(F)OC1CC=CC1. The van der Waals surface area contributed by atoms with E-state index in [1.807, 2.05) is 0 Å². The Kier molecular flexibility index (Phi) is 1.99. The van der Waals surface area contributed by atoms with Gasteiger partial charge in [0.15, 0.2) is 0 Å². The third-order valence-corrected chi connectivity index (χ3v) is 1.26. The van der Waals surface area contributed by atoms with Crippen LogP contribution in [0.2, 0.25) is 0 Å². The number of hydrogen-bond donors (Lipinski definition) is 0. The third kappa shape index (κ3) is 2.39. The van der Waals surface area contributed by atoms with Crippen molar-refractivity contribution in [2.24, 2.45) is 0 Å². The quantitative estimate of drug-likeness (QED) is 0.523. The predicted octanol–water partition coefficient (Wildman–Crippen LogP) is 2.24. The first kappa shape index (κ1) is 7.60. The first-order chi connectivity index (χ1) is 4.58. The number of alkyl halides is 3. The maximum Gasteiger partial charge on any atom is 0.522 e. The molecule has 0 saturated carbocycles. The molecule has 0 radical (unpaired) electrons. The average molecular weight is 152 g/mol. The summed E-state index contributed by atoms with van der Waals surface area (Å²) in [6.45, 7) is 0. The van der Waals surface area contributed by atoms with Gasteiger partial charge in [0, 0.05) is 0 Å². The normalized spacial score (nSPS) is 20.3. The molecule has 0 bridgehead atoms. The number of hydrogen-bond acceptors (Lipinski definition) is 1. The first-order valence-electron chi connectivity index (χ1n) is 2.97. The fraction of sp³-hybridized carbons (Fsp3) is 0.667. The van der Waals surface area contributed by atoms with Crippen LogP contribution in [0.4, 0.5) is 13.2 Å². The maximum absolute atomic E-state index is 11.5. The van der Waals surface area contributed by atoms with Gasteiger partial charge in [-0.2, -0.15) is 0 Å². The van der Waals surface area contributed by atoms with Gasteiger partial charge < -0.3 is 0 Å². The molecule has 1 aliphatic carbocycles. The molecule has 0 saturated heterocycles. The molecule has 10 heavy (non-hydrogen) atoms. The minimum absolute atomic E-state index is 0.375. The lowest BCUT2D eigenvalue weighted by Gasteiger charge is -2.12. The number of halogens is 3. The minimum Gasteiger partial charge on any atom is -0.288 e. The molecule has 0 aliphatic heterocycles. The highest BCUT2D eigenvalue weighted by atomic mass is 19.4. The highest BCUT2D eigenvalue weighted by Crippen LogP contribution is 2.24. The van der Waals surface area contributed by atoms with Crippen LogP contribution in [0.1, 0.15) is 12.8 Å². The summed E-state index contributed by atoms with van der Waals surface area (Å²) in [5, 5.41) is 0. The lowest BCUT2D eigenvalue weighted by molar-refractivity contribution is -0.340. The van der Waals surface area contributed by atoms with Crippen LogP contribution in [0.5, 0.6) is 0 Å². The molecule has 0 amide bonds. The van der Waals surface area contributed by atoms with E-state index in [9.17, 15) is 13.2 Å². The van der Waals surface area contributed by atoms with Crippen molar-refractivity contribution in [3.63, 3.8) is 0 Å². The second-order valence-electron chi connectivity index (χ2n) is 2.13. The van der Waals surface area contributed by atoms with Gasteiger partial charge in [0.1, 0.15) is 0 Å². The van der Waals surface area contributed by atoms with E-state index < -0.39 is 12.5 Å². The van der Waals surface area contributed by atoms with E-state index in [0.717, 1.165) is 0 Å². The van der Waals surface area contributed by atoms with Crippen LogP contribution in [-0.4, -0.2) is 12.5 Å². The molecule has 4 heteroatoms. The van der Waals surface area contributed by atoms with E-state index in [1.54, 1.807) is 12.2 Å². The molecule has 0 N–H and O–H groups in total. The molecule has 0 heterocycles. The Bertz CT molecular complexity index is 130. The average Bonchev–Trinajstić information content (AvgIpc) is 2.12. The smallest absolute Gasteiger partial charge is 0.288 e. The van der Waals surface area contributed by atoms with E-state index in [0.29, 0.717) is 12.8 Å². The fourth-order valence-electron chi connectivity index (χ4n) is 0.877. The molecule has 0 fully saturated rings. The lowest BCUT2D eigenvalue weighted by Crippen LogP contribution is -2.21. The topological polar surface area (TPSA) is 9.23 Å². The van der Waals surface area contributed by atoms with Gasteiger partial charge in [-0.15, -0.1) is 13.2 Å². The molecule has 0 aromatic heterocycles. The van der Waals surface area contributed by atoms with Crippen LogP contribution in [0.25, 0.3) is 0 Å². The second kappa shape index (κ2) is 2.62. The van der Waals surface area contributed by atoms with Gasteiger partial charge in [-0.25, -0.2) is 0 Å². The van der Waals surface area contributed by atoms with E-state index >= 15 is 0 Å². The van der Waals surface area contributed by atoms with Gasteiger partial charge in [0.05, 0.1) is 6.10 Å². The molecule has 1 aliphatic rings. The van der Waals surface area contributed by atoms with E-state index in [4.69, 9.17) is 0 Å². The highest BCUT2D eigenvalue weighted by Gasteiger charge is 2.33. The Morgan fingerprint density at radius 3 is 2.10 bits per heavy atom. The Morgan fingerprint density at radius 1 is 1.20 bits per heavy atom. The third-order valence-electron chi connectivity index (χ3n) is 1.26. The molecule has 0 unspecified atom stereocenters. The molecular formula is C6H7F3O. The standard InChI is InChI=1S/C6H7F3O/c7-6(8,9)10-5-3-1-2-4-5/h1-2,5H,3-4H2. The Labute approximate surface area is 56.5 Å². The van der Waals surface area contributed by atoms with Gasteiger partial charge in [-0.1, -0.05) is 12.2 Å². The molecule has 0 atom stereocenters. The van der Waals surface area contributed by atoms with Crippen LogP contribution in [0.15, 0.2) is 12.2 Å². The minimum atomic E-state index is -4.48. The zero-order chi connectivity index (χ0) is 7.61. The highest BCUT2D eigenvalue weighted by molar-refractivity contribution is 4.95. The number of rotatable bonds is 1.